The number of aliphatic hydroxyl groups is 1. The Morgan fingerprint density at radius 1 is 1.38 bits per heavy atom. The summed E-state index contributed by atoms with van der Waals surface area (Å²) in [5.41, 5.74) is -1.69. The average molecular weight is 300 g/mol. The first kappa shape index (κ1) is 15.3. The maximum absolute atomic E-state index is 14.0. The fourth-order valence-corrected chi connectivity index (χ4v) is 2.35. The van der Waals surface area contributed by atoms with Crippen LogP contribution in [-0.2, 0) is 0 Å². The number of rotatable bonds is 3. The molecule has 1 aromatic rings. The van der Waals surface area contributed by atoms with E-state index in [4.69, 9.17) is 5.11 Å². The van der Waals surface area contributed by atoms with E-state index in [1.54, 1.807) is 0 Å². The lowest BCUT2D eigenvalue weighted by atomic mass is 9.97. The van der Waals surface area contributed by atoms with Gasteiger partial charge in [-0.25, -0.2) is 4.39 Å². The van der Waals surface area contributed by atoms with Gasteiger partial charge in [0.15, 0.2) is 0 Å². The predicted molar refractivity (Wildman–Crippen MR) is 68.7 cm³/mol. The van der Waals surface area contributed by atoms with Crippen LogP contribution in [0.1, 0.15) is 23.2 Å². The summed E-state index contributed by atoms with van der Waals surface area (Å²) in [5.74, 6) is -3.04. The van der Waals surface area contributed by atoms with Crippen molar-refractivity contribution in [3.8, 4) is 0 Å². The number of aliphatic hydroxyl groups excluding tert-OH is 1. The van der Waals surface area contributed by atoms with Crippen molar-refractivity contribution in [2.24, 2.45) is 5.92 Å². The number of likely N-dealkylation sites (tertiary alicyclic amines) is 1. The molecule has 1 aromatic carbocycles. The molecule has 8 heteroatoms. The monoisotopic (exact) mass is 300 g/mol. The van der Waals surface area contributed by atoms with Crippen LogP contribution in [-0.4, -0.2) is 40.5 Å². The molecule has 21 heavy (non-hydrogen) atoms. The summed E-state index contributed by atoms with van der Waals surface area (Å²) in [6.07, 6.45) is 1.11. The smallest absolute Gasteiger partial charge is 0.308 e. The van der Waals surface area contributed by atoms with Crippen molar-refractivity contribution in [3.05, 3.63) is 39.4 Å². The van der Waals surface area contributed by atoms with Gasteiger partial charge in [-0.2, -0.15) is 4.39 Å². The maximum Gasteiger partial charge on any atom is 0.308 e. The Bertz CT molecular complexity index is 572. The van der Waals surface area contributed by atoms with Crippen LogP contribution >= 0.6 is 0 Å². The number of nitro benzene ring substituents is 1. The molecule has 0 aliphatic carbocycles. The zero-order valence-electron chi connectivity index (χ0n) is 11.1. The third-order valence-electron chi connectivity index (χ3n) is 3.61. The lowest BCUT2D eigenvalue weighted by molar-refractivity contribution is -0.387. The van der Waals surface area contributed by atoms with Crippen LogP contribution in [0.3, 0.4) is 0 Å². The molecule has 0 radical (unpaired) electrons. The number of carbonyl (C=O) groups excluding carboxylic acids is 1. The quantitative estimate of drug-likeness (QED) is 0.680. The van der Waals surface area contributed by atoms with Gasteiger partial charge in [-0.15, -0.1) is 0 Å². The van der Waals surface area contributed by atoms with E-state index in [0.29, 0.717) is 38.1 Å². The van der Waals surface area contributed by atoms with Crippen LogP contribution in [0.5, 0.6) is 0 Å². The molecule has 114 valence electrons. The molecule has 0 spiro atoms. The molecular formula is C13H14F2N2O4. The molecule has 0 unspecified atom stereocenters. The second-order valence-corrected chi connectivity index (χ2v) is 4.96. The molecule has 6 nitrogen and oxygen atoms in total. The number of benzene rings is 1. The van der Waals surface area contributed by atoms with Gasteiger partial charge in [0, 0.05) is 19.7 Å². The Morgan fingerprint density at radius 2 is 2.00 bits per heavy atom. The zero-order chi connectivity index (χ0) is 15.6. The van der Waals surface area contributed by atoms with Crippen molar-refractivity contribution in [1.29, 1.82) is 0 Å². The second kappa shape index (κ2) is 6.13. The maximum atomic E-state index is 14.0. The number of hydrogen-bond donors (Lipinski definition) is 1. The van der Waals surface area contributed by atoms with E-state index in [0.717, 1.165) is 0 Å². The molecule has 0 aromatic heterocycles. The van der Waals surface area contributed by atoms with Crippen molar-refractivity contribution in [2.75, 3.05) is 19.7 Å². The van der Waals surface area contributed by atoms with Gasteiger partial charge in [0.1, 0.15) is 5.82 Å². The normalized spacial score (nSPS) is 16.0. The summed E-state index contributed by atoms with van der Waals surface area (Å²) < 4.78 is 27.3. The van der Waals surface area contributed by atoms with Gasteiger partial charge in [-0.1, -0.05) is 0 Å². The van der Waals surface area contributed by atoms with Crippen LogP contribution < -0.4 is 0 Å². The number of carbonyl (C=O) groups is 1. The summed E-state index contributed by atoms with van der Waals surface area (Å²) >= 11 is 0. The van der Waals surface area contributed by atoms with Crippen LogP contribution in [0.25, 0.3) is 0 Å². The van der Waals surface area contributed by atoms with E-state index in [-0.39, 0.29) is 12.5 Å². The highest BCUT2D eigenvalue weighted by Gasteiger charge is 2.29. The summed E-state index contributed by atoms with van der Waals surface area (Å²) in [6.45, 7) is 0.615. The number of halogens is 2. The molecular weight excluding hydrogens is 286 g/mol. The first-order chi connectivity index (χ1) is 9.93. The average Bonchev–Trinajstić information content (AvgIpc) is 2.48. The van der Waals surface area contributed by atoms with Crippen LogP contribution in [0.15, 0.2) is 12.1 Å². The number of amides is 1. The number of nitrogens with zero attached hydrogens (tertiary/aromatic N) is 2. The molecule has 0 bridgehead atoms. The third kappa shape index (κ3) is 3.15. The van der Waals surface area contributed by atoms with E-state index in [1.807, 2.05) is 0 Å². The third-order valence-corrected chi connectivity index (χ3v) is 3.61. The van der Waals surface area contributed by atoms with E-state index < -0.39 is 33.7 Å². The molecule has 0 atom stereocenters. The largest absolute Gasteiger partial charge is 0.396 e. The first-order valence-corrected chi connectivity index (χ1v) is 6.47. The number of nitro groups is 1. The number of hydrogen-bond acceptors (Lipinski definition) is 4. The Kier molecular flexibility index (Phi) is 4.46. The standard InChI is InChI=1S/C13H14F2N2O4/c14-9-5-10(12(15)11(6-9)17(20)21)13(19)16-3-1-8(7-18)2-4-16/h5-6,8,18H,1-4,7H2. The summed E-state index contributed by atoms with van der Waals surface area (Å²) in [4.78, 5) is 23.1. The molecule has 2 rings (SSSR count). The highest BCUT2D eigenvalue weighted by atomic mass is 19.1. The molecule has 1 aliphatic rings. The van der Waals surface area contributed by atoms with Gasteiger partial charge >= 0.3 is 5.69 Å². The van der Waals surface area contributed by atoms with Crippen molar-refractivity contribution >= 4 is 11.6 Å². The highest BCUT2D eigenvalue weighted by molar-refractivity contribution is 5.95. The Balaban J connectivity index is 2.26. The van der Waals surface area contributed by atoms with Crippen molar-refractivity contribution in [3.63, 3.8) is 0 Å². The summed E-state index contributed by atoms with van der Waals surface area (Å²) in [7, 11) is 0. The highest BCUT2D eigenvalue weighted by Crippen LogP contribution is 2.25. The summed E-state index contributed by atoms with van der Waals surface area (Å²) in [5, 5.41) is 19.7. The molecule has 1 aliphatic heterocycles. The van der Waals surface area contributed by atoms with Crippen LogP contribution in [0.4, 0.5) is 14.5 Å². The van der Waals surface area contributed by atoms with Crippen molar-refractivity contribution < 1.29 is 23.6 Å². The fourth-order valence-electron chi connectivity index (χ4n) is 2.35. The van der Waals surface area contributed by atoms with Gasteiger partial charge in [0.25, 0.3) is 5.91 Å². The minimum atomic E-state index is -1.32. The van der Waals surface area contributed by atoms with Crippen LogP contribution in [0, 0.1) is 27.7 Å². The van der Waals surface area contributed by atoms with Gasteiger partial charge < -0.3 is 10.0 Å². The molecule has 1 fully saturated rings. The van der Waals surface area contributed by atoms with E-state index >= 15 is 0 Å². The molecule has 0 saturated carbocycles. The Hall–Kier alpha value is -2.09. The molecule has 1 N–H and O–H groups in total. The van der Waals surface area contributed by atoms with Gasteiger partial charge in [0.2, 0.25) is 5.82 Å². The minimum Gasteiger partial charge on any atom is -0.396 e. The topological polar surface area (TPSA) is 83.7 Å². The second-order valence-electron chi connectivity index (χ2n) is 4.96. The first-order valence-electron chi connectivity index (χ1n) is 6.47. The van der Waals surface area contributed by atoms with Gasteiger partial charge in [-0.3, -0.25) is 14.9 Å². The van der Waals surface area contributed by atoms with Crippen LogP contribution in [0.2, 0.25) is 0 Å². The van der Waals surface area contributed by atoms with Gasteiger partial charge in [0.05, 0.1) is 16.6 Å². The van der Waals surface area contributed by atoms with Crippen molar-refractivity contribution in [2.45, 2.75) is 12.8 Å². The molecule has 1 heterocycles. The van der Waals surface area contributed by atoms with Gasteiger partial charge in [-0.05, 0) is 24.8 Å². The molecule has 1 saturated heterocycles. The summed E-state index contributed by atoms with van der Waals surface area (Å²) in [6, 6.07) is 1.12. The Labute approximate surface area is 119 Å². The molecule has 1 amide bonds. The van der Waals surface area contributed by atoms with E-state index in [9.17, 15) is 23.7 Å². The Morgan fingerprint density at radius 3 is 2.52 bits per heavy atom. The number of piperidine rings is 1. The zero-order valence-corrected chi connectivity index (χ0v) is 11.1. The SMILES string of the molecule is O=C(c1cc(F)cc([N+](=O)[O-])c1F)N1CCC(CO)CC1. The minimum absolute atomic E-state index is 0.0157. The lowest BCUT2D eigenvalue weighted by Crippen LogP contribution is -2.39. The fraction of sp³-hybridized carbons (Fsp3) is 0.462. The van der Waals surface area contributed by atoms with E-state index in [2.05, 4.69) is 0 Å². The van der Waals surface area contributed by atoms with Crippen molar-refractivity contribution in [1.82, 2.24) is 4.90 Å². The predicted octanol–water partition coefficient (Wildman–Crippen LogP) is 1.72. The lowest BCUT2D eigenvalue weighted by Gasteiger charge is -2.31. The van der Waals surface area contributed by atoms with E-state index in [1.165, 1.54) is 4.90 Å².